The van der Waals surface area contributed by atoms with Crippen molar-refractivity contribution in [3.8, 4) is 0 Å². The molecule has 2 fully saturated rings. The van der Waals surface area contributed by atoms with Crippen LogP contribution in [0.1, 0.15) is 72.1 Å². The van der Waals surface area contributed by atoms with E-state index in [1.807, 2.05) is 0 Å². The second kappa shape index (κ2) is 3.54. The van der Waals surface area contributed by atoms with E-state index < -0.39 is 0 Å². The summed E-state index contributed by atoms with van der Waals surface area (Å²) in [5, 5.41) is 0. The summed E-state index contributed by atoms with van der Waals surface area (Å²) < 4.78 is 0. The lowest BCUT2D eigenvalue weighted by atomic mass is 9.50. The molecule has 0 aromatic heterocycles. The van der Waals surface area contributed by atoms with E-state index in [0.29, 0.717) is 10.8 Å². The lowest BCUT2D eigenvalue weighted by Gasteiger charge is -2.55. The van der Waals surface area contributed by atoms with Gasteiger partial charge in [0.1, 0.15) is 0 Å². The molecule has 0 heterocycles. The quantitative estimate of drug-likeness (QED) is 0.563. The van der Waals surface area contributed by atoms with Crippen LogP contribution >= 0.6 is 0 Å². The van der Waals surface area contributed by atoms with E-state index >= 15 is 0 Å². The molecule has 0 N–H and O–H groups in total. The van der Waals surface area contributed by atoms with Gasteiger partial charge >= 0.3 is 0 Å². The van der Waals surface area contributed by atoms with Gasteiger partial charge < -0.3 is 0 Å². The first-order chi connectivity index (χ1) is 6.60. The van der Waals surface area contributed by atoms with Crippen molar-refractivity contribution < 1.29 is 0 Å². The SMILES string of the molecule is CCC1CC[C@@]2(C)CCCC[C@@]2(C)C1. The molecule has 1 unspecified atom stereocenters. The molecule has 0 spiro atoms. The van der Waals surface area contributed by atoms with Crippen LogP contribution in [0.25, 0.3) is 0 Å². The van der Waals surface area contributed by atoms with Gasteiger partial charge in [0, 0.05) is 0 Å². The van der Waals surface area contributed by atoms with E-state index in [1.165, 1.54) is 51.4 Å². The normalized spacial score (nSPS) is 48.6. The van der Waals surface area contributed by atoms with Crippen LogP contribution in [-0.2, 0) is 0 Å². The van der Waals surface area contributed by atoms with Gasteiger partial charge in [0.2, 0.25) is 0 Å². The Bertz CT molecular complexity index is 208. The van der Waals surface area contributed by atoms with Crippen LogP contribution < -0.4 is 0 Å². The molecule has 14 heavy (non-hydrogen) atoms. The summed E-state index contributed by atoms with van der Waals surface area (Å²) in [6, 6.07) is 0. The van der Waals surface area contributed by atoms with E-state index in [-0.39, 0.29) is 0 Å². The molecule has 0 bridgehead atoms. The van der Waals surface area contributed by atoms with Crippen LogP contribution in [0.4, 0.5) is 0 Å². The molecule has 0 aromatic rings. The third-order valence-electron chi connectivity index (χ3n) is 5.59. The highest BCUT2D eigenvalue weighted by atomic mass is 14.5. The van der Waals surface area contributed by atoms with Gasteiger partial charge in [-0.05, 0) is 48.9 Å². The molecule has 0 nitrogen and oxygen atoms in total. The Kier molecular flexibility index (Phi) is 2.66. The minimum atomic E-state index is 0.685. The molecular formula is C14H26. The van der Waals surface area contributed by atoms with Crippen LogP contribution in [0.3, 0.4) is 0 Å². The summed E-state index contributed by atoms with van der Waals surface area (Å²) in [4.78, 5) is 0. The second-order valence-electron chi connectivity index (χ2n) is 6.35. The second-order valence-corrected chi connectivity index (χ2v) is 6.35. The van der Waals surface area contributed by atoms with Gasteiger partial charge in [-0.25, -0.2) is 0 Å². The highest BCUT2D eigenvalue weighted by Crippen LogP contribution is 2.60. The first kappa shape index (κ1) is 10.5. The van der Waals surface area contributed by atoms with Crippen LogP contribution in [0.15, 0.2) is 0 Å². The fourth-order valence-electron chi connectivity index (χ4n) is 4.02. The van der Waals surface area contributed by atoms with Crippen LogP contribution in [0.2, 0.25) is 0 Å². The third-order valence-corrected chi connectivity index (χ3v) is 5.59. The summed E-state index contributed by atoms with van der Waals surface area (Å²) in [5.41, 5.74) is 1.38. The maximum atomic E-state index is 2.58. The largest absolute Gasteiger partial charge is 0.0651 e. The fraction of sp³-hybridized carbons (Fsp3) is 1.00. The zero-order valence-electron chi connectivity index (χ0n) is 10.2. The predicted octanol–water partition coefficient (Wildman–Crippen LogP) is 4.78. The highest BCUT2D eigenvalue weighted by Gasteiger charge is 2.49. The molecule has 2 rings (SSSR count). The molecule has 0 heteroatoms. The zero-order valence-corrected chi connectivity index (χ0v) is 10.2. The van der Waals surface area contributed by atoms with Gasteiger partial charge in [0.15, 0.2) is 0 Å². The Balaban J connectivity index is 2.15. The minimum Gasteiger partial charge on any atom is -0.0651 e. The molecule has 0 saturated heterocycles. The minimum absolute atomic E-state index is 0.685. The maximum absolute atomic E-state index is 2.58. The third kappa shape index (κ3) is 1.51. The zero-order chi connectivity index (χ0) is 10.2. The molecule has 0 radical (unpaired) electrons. The number of hydrogen-bond acceptors (Lipinski definition) is 0. The van der Waals surface area contributed by atoms with Crippen molar-refractivity contribution in [1.82, 2.24) is 0 Å². The number of hydrogen-bond donors (Lipinski definition) is 0. The molecule has 0 aliphatic heterocycles. The Morgan fingerprint density at radius 2 is 1.64 bits per heavy atom. The monoisotopic (exact) mass is 194 g/mol. The molecule has 82 valence electrons. The summed E-state index contributed by atoms with van der Waals surface area (Å²) in [6.45, 7) is 7.52. The van der Waals surface area contributed by atoms with Crippen molar-refractivity contribution in [2.45, 2.75) is 72.1 Å². The lowest BCUT2D eigenvalue weighted by molar-refractivity contribution is -0.0488. The van der Waals surface area contributed by atoms with E-state index in [4.69, 9.17) is 0 Å². The fourth-order valence-corrected chi connectivity index (χ4v) is 4.02. The Morgan fingerprint density at radius 3 is 2.29 bits per heavy atom. The van der Waals surface area contributed by atoms with Crippen LogP contribution in [-0.4, -0.2) is 0 Å². The highest BCUT2D eigenvalue weighted by molar-refractivity contribution is 4.99. The Labute approximate surface area is 89.5 Å². The van der Waals surface area contributed by atoms with Crippen LogP contribution in [0, 0.1) is 16.7 Å². The molecule has 0 amide bonds. The molecule has 3 atom stereocenters. The molecule has 0 aromatic carbocycles. The average Bonchev–Trinajstić information content (AvgIpc) is 2.18. The molecule has 2 aliphatic carbocycles. The van der Waals surface area contributed by atoms with E-state index in [1.54, 1.807) is 0 Å². The smallest absolute Gasteiger partial charge is 0.0269 e. The Morgan fingerprint density at radius 1 is 1.00 bits per heavy atom. The van der Waals surface area contributed by atoms with Gasteiger partial charge in [0.25, 0.3) is 0 Å². The number of rotatable bonds is 1. The van der Waals surface area contributed by atoms with Crippen molar-refractivity contribution in [2.24, 2.45) is 16.7 Å². The lowest BCUT2D eigenvalue weighted by Crippen LogP contribution is -2.45. The summed E-state index contributed by atoms with van der Waals surface area (Å²) >= 11 is 0. The van der Waals surface area contributed by atoms with Gasteiger partial charge in [0.05, 0.1) is 0 Å². The van der Waals surface area contributed by atoms with Crippen LogP contribution in [0.5, 0.6) is 0 Å². The summed E-state index contributed by atoms with van der Waals surface area (Å²) in [6.07, 6.45) is 11.9. The van der Waals surface area contributed by atoms with E-state index in [9.17, 15) is 0 Å². The van der Waals surface area contributed by atoms with E-state index in [2.05, 4.69) is 20.8 Å². The van der Waals surface area contributed by atoms with Crippen molar-refractivity contribution in [1.29, 1.82) is 0 Å². The molecule has 2 saturated carbocycles. The Hall–Kier alpha value is 0. The maximum Gasteiger partial charge on any atom is -0.0269 e. The van der Waals surface area contributed by atoms with Gasteiger partial charge in [-0.15, -0.1) is 0 Å². The van der Waals surface area contributed by atoms with E-state index in [0.717, 1.165) is 5.92 Å². The predicted molar refractivity (Wildman–Crippen MR) is 62.3 cm³/mol. The van der Waals surface area contributed by atoms with Gasteiger partial charge in [-0.3, -0.25) is 0 Å². The van der Waals surface area contributed by atoms with Crippen molar-refractivity contribution in [2.75, 3.05) is 0 Å². The summed E-state index contributed by atoms with van der Waals surface area (Å²) in [7, 11) is 0. The van der Waals surface area contributed by atoms with Crippen molar-refractivity contribution in [3.63, 3.8) is 0 Å². The van der Waals surface area contributed by atoms with Crippen molar-refractivity contribution >= 4 is 0 Å². The standard InChI is InChI=1S/C14H26/c1-4-12-7-10-13(2)8-5-6-9-14(13,3)11-12/h12H,4-11H2,1-3H3/t12?,13-,14+/m1/s1. The number of fused-ring (bicyclic) bond motifs is 1. The van der Waals surface area contributed by atoms with Gasteiger partial charge in [-0.2, -0.15) is 0 Å². The summed E-state index contributed by atoms with van der Waals surface area (Å²) in [5.74, 6) is 1.03. The molecule has 2 aliphatic rings. The first-order valence-electron chi connectivity index (χ1n) is 6.60. The first-order valence-corrected chi connectivity index (χ1v) is 6.60. The average molecular weight is 194 g/mol. The molecular weight excluding hydrogens is 168 g/mol. The topological polar surface area (TPSA) is 0 Å². The van der Waals surface area contributed by atoms with Crippen molar-refractivity contribution in [3.05, 3.63) is 0 Å². The van der Waals surface area contributed by atoms with Gasteiger partial charge in [-0.1, -0.05) is 40.0 Å².